The highest BCUT2D eigenvalue weighted by atomic mass is 32.2. The summed E-state index contributed by atoms with van der Waals surface area (Å²) in [7, 11) is 0. The first-order valence-electron chi connectivity index (χ1n) is 7.20. The number of thioether (sulfide) groups is 1. The molecule has 4 nitrogen and oxygen atoms in total. The molecule has 2 N–H and O–H groups in total. The standard InChI is InChI=1S/C16H21NO3S/c1-10-11(2)21-15(14(10)16(19)20)17-13(18)9-8-12-6-4-3-5-7-12/h3-7,10-11,14-15H,8-9H2,1-2H3,(H,17,18)(H,19,20). The Morgan fingerprint density at radius 2 is 1.90 bits per heavy atom. The van der Waals surface area contributed by atoms with Crippen LogP contribution in [0.4, 0.5) is 0 Å². The Kier molecular flexibility index (Phi) is 5.28. The van der Waals surface area contributed by atoms with Crippen LogP contribution < -0.4 is 5.32 Å². The van der Waals surface area contributed by atoms with Crippen molar-refractivity contribution in [3.63, 3.8) is 0 Å². The van der Waals surface area contributed by atoms with E-state index in [4.69, 9.17) is 0 Å². The van der Waals surface area contributed by atoms with Gasteiger partial charge in [-0.1, -0.05) is 44.2 Å². The highest BCUT2D eigenvalue weighted by Crippen LogP contribution is 2.41. The minimum absolute atomic E-state index is 0.0620. The Bertz CT molecular complexity index is 506. The average molecular weight is 307 g/mol. The number of carboxylic acids is 1. The van der Waals surface area contributed by atoms with Crippen molar-refractivity contribution in [1.29, 1.82) is 0 Å². The molecule has 2 rings (SSSR count). The predicted molar refractivity (Wildman–Crippen MR) is 84.0 cm³/mol. The molecule has 1 saturated heterocycles. The van der Waals surface area contributed by atoms with E-state index in [9.17, 15) is 14.7 Å². The van der Waals surface area contributed by atoms with Gasteiger partial charge in [-0.25, -0.2) is 0 Å². The van der Waals surface area contributed by atoms with Crippen LogP contribution >= 0.6 is 11.8 Å². The van der Waals surface area contributed by atoms with Crippen molar-refractivity contribution in [1.82, 2.24) is 5.32 Å². The molecule has 1 heterocycles. The van der Waals surface area contributed by atoms with E-state index in [0.717, 1.165) is 5.56 Å². The summed E-state index contributed by atoms with van der Waals surface area (Å²) >= 11 is 1.55. The number of benzene rings is 1. The molecule has 1 aromatic rings. The van der Waals surface area contributed by atoms with Gasteiger partial charge >= 0.3 is 5.97 Å². The Morgan fingerprint density at radius 3 is 2.52 bits per heavy atom. The topological polar surface area (TPSA) is 66.4 Å². The first-order valence-corrected chi connectivity index (χ1v) is 8.15. The maximum absolute atomic E-state index is 12.0. The summed E-state index contributed by atoms with van der Waals surface area (Å²) < 4.78 is 0. The van der Waals surface area contributed by atoms with Crippen LogP contribution in [0.3, 0.4) is 0 Å². The largest absolute Gasteiger partial charge is 0.481 e. The Morgan fingerprint density at radius 1 is 1.24 bits per heavy atom. The van der Waals surface area contributed by atoms with Crippen LogP contribution in [-0.4, -0.2) is 27.6 Å². The number of hydrogen-bond acceptors (Lipinski definition) is 3. The van der Waals surface area contributed by atoms with E-state index in [1.54, 1.807) is 11.8 Å². The number of carbonyl (C=O) groups is 2. The van der Waals surface area contributed by atoms with Gasteiger partial charge in [0.15, 0.2) is 0 Å². The highest BCUT2D eigenvalue weighted by Gasteiger charge is 2.44. The fraction of sp³-hybridized carbons (Fsp3) is 0.500. The molecule has 0 saturated carbocycles. The van der Waals surface area contributed by atoms with E-state index in [0.29, 0.717) is 12.8 Å². The Labute approximate surface area is 129 Å². The van der Waals surface area contributed by atoms with Crippen molar-refractivity contribution in [2.45, 2.75) is 37.3 Å². The van der Waals surface area contributed by atoms with Crippen molar-refractivity contribution in [2.75, 3.05) is 0 Å². The molecular weight excluding hydrogens is 286 g/mol. The average Bonchev–Trinajstić information content (AvgIpc) is 2.72. The van der Waals surface area contributed by atoms with Crippen LogP contribution in [0, 0.1) is 11.8 Å². The van der Waals surface area contributed by atoms with E-state index in [2.05, 4.69) is 5.32 Å². The van der Waals surface area contributed by atoms with E-state index in [1.807, 2.05) is 44.2 Å². The summed E-state index contributed by atoms with van der Waals surface area (Å²) in [6, 6.07) is 9.82. The molecule has 0 aromatic heterocycles. The fourth-order valence-corrected chi connectivity index (χ4v) is 4.23. The van der Waals surface area contributed by atoms with Crippen LogP contribution in [0.5, 0.6) is 0 Å². The number of carboxylic acid groups (broad SMARTS) is 1. The first-order chi connectivity index (χ1) is 9.99. The second-order valence-electron chi connectivity index (χ2n) is 5.54. The molecule has 1 aliphatic heterocycles. The van der Waals surface area contributed by atoms with Crippen molar-refractivity contribution >= 4 is 23.6 Å². The van der Waals surface area contributed by atoms with Gasteiger partial charge in [0.25, 0.3) is 0 Å². The van der Waals surface area contributed by atoms with E-state index in [1.165, 1.54) is 0 Å². The van der Waals surface area contributed by atoms with E-state index >= 15 is 0 Å². The number of hydrogen-bond donors (Lipinski definition) is 2. The lowest BCUT2D eigenvalue weighted by Gasteiger charge is -2.19. The van der Waals surface area contributed by atoms with Gasteiger partial charge in [0, 0.05) is 11.7 Å². The number of nitrogens with one attached hydrogen (secondary N) is 1. The van der Waals surface area contributed by atoms with Crippen LogP contribution in [-0.2, 0) is 16.0 Å². The number of aryl methyl sites for hydroxylation is 1. The number of amides is 1. The molecule has 1 amide bonds. The molecule has 4 atom stereocenters. The third-order valence-electron chi connectivity index (χ3n) is 4.07. The van der Waals surface area contributed by atoms with Gasteiger partial charge in [-0.2, -0.15) is 0 Å². The molecule has 114 valence electrons. The molecule has 4 unspecified atom stereocenters. The van der Waals surface area contributed by atoms with Crippen molar-refractivity contribution in [3.05, 3.63) is 35.9 Å². The number of rotatable bonds is 5. The van der Waals surface area contributed by atoms with Crippen LogP contribution in [0.25, 0.3) is 0 Å². The maximum atomic E-state index is 12.0. The number of carbonyl (C=O) groups excluding carboxylic acids is 1. The highest BCUT2D eigenvalue weighted by molar-refractivity contribution is 8.00. The van der Waals surface area contributed by atoms with Crippen LogP contribution in [0.1, 0.15) is 25.8 Å². The molecule has 0 spiro atoms. The normalized spacial score (nSPS) is 28.3. The zero-order valence-corrected chi connectivity index (χ0v) is 13.1. The molecule has 1 aliphatic rings. The summed E-state index contributed by atoms with van der Waals surface area (Å²) in [5, 5.41) is 12.1. The minimum atomic E-state index is -0.826. The SMILES string of the molecule is CC1SC(NC(=O)CCc2ccccc2)C(C(=O)O)C1C. The van der Waals surface area contributed by atoms with Gasteiger partial charge < -0.3 is 10.4 Å². The number of aliphatic carboxylic acids is 1. The smallest absolute Gasteiger partial charge is 0.309 e. The minimum Gasteiger partial charge on any atom is -0.481 e. The molecule has 1 fully saturated rings. The molecule has 1 aromatic carbocycles. The van der Waals surface area contributed by atoms with Gasteiger partial charge in [-0.15, -0.1) is 11.8 Å². The molecule has 0 aliphatic carbocycles. The molecule has 0 bridgehead atoms. The van der Waals surface area contributed by atoms with Crippen molar-refractivity contribution in [3.8, 4) is 0 Å². The van der Waals surface area contributed by atoms with Gasteiger partial charge in [0.1, 0.15) is 0 Å². The van der Waals surface area contributed by atoms with E-state index < -0.39 is 11.9 Å². The van der Waals surface area contributed by atoms with Crippen LogP contribution in [0.15, 0.2) is 30.3 Å². The predicted octanol–water partition coefficient (Wildman–Crippen LogP) is 2.53. The fourth-order valence-electron chi connectivity index (χ4n) is 2.62. The quantitative estimate of drug-likeness (QED) is 0.877. The lowest BCUT2D eigenvalue weighted by molar-refractivity contribution is -0.143. The summed E-state index contributed by atoms with van der Waals surface area (Å²) in [6.07, 6.45) is 1.06. The van der Waals surface area contributed by atoms with Crippen molar-refractivity contribution < 1.29 is 14.7 Å². The Balaban J connectivity index is 1.88. The third-order valence-corrected chi connectivity index (χ3v) is 5.63. The Hall–Kier alpha value is -1.49. The van der Waals surface area contributed by atoms with Gasteiger partial charge in [-0.05, 0) is 17.9 Å². The van der Waals surface area contributed by atoms with Crippen molar-refractivity contribution in [2.24, 2.45) is 11.8 Å². The van der Waals surface area contributed by atoms with Gasteiger partial charge in [0.05, 0.1) is 11.3 Å². The summed E-state index contributed by atoms with van der Waals surface area (Å²) in [5.41, 5.74) is 1.11. The molecule has 21 heavy (non-hydrogen) atoms. The third kappa shape index (κ3) is 4.00. The monoisotopic (exact) mass is 307 g/mol. The zero-order valence-electron chi connectivity index (χ0n) is 12.3. The molecule has 0 radical (unpaired) electrons. The maximum Gasteiger partial charge on any atom is 0.309 e. The summed E-state index contributed by atoms with van der Waals surface area (Å²) in [6.45, 7) is 3.95. The zero-order chi connectivity index (χ0) is 15.4. The van der Waals surface area contributed by atoms with Crippen LogP contribution in [0.2, 0.25) is 0 Å². The summed E-state index contributed by atoms with van der Waals surface area (Å²) in [4.78, 5) is 23.4. The second kappa shape index (κ2) is 6.98. The lowest BCUT2D eigenvalue weighted by Crippen LogP contribution is -2.40. The molecule has 5 heteroatoms. The first kappa shape index (κ1) is 15.9. The molecular formula is C16H21NO3S. The van der Waals surface area contributed by atoms with Gasteiger partial charge in [0.2, 0.25) is 5.91 Å². The second-order valence-corrected chi connectivity index (χ2v) is 7.06. The van der Waals surface area contributed by atoms with Gasteiger partial charge in [-0.3, -0.25) is 9.59 Å². The lowest BCUT2D eigenvalue weighted by atomic mass is 9.92. The summed E-state index contributed by atoms with van der Waals surface area (Å²) in [5.74, 6) is -1.35. The van der Waals surface area contributed by atoms with E-state index in [-0.39, 0.29) is 22.4 Å².